The predicted octanol–water partition coefficient (Wildman–Crippen LogP) is -1.58. The molecule has 3 aliphatic heterocycles. The highest BCUT2D eigenvalue weighted by atomic mass is 32.2. The van der Waals surface area contributed by atoms with Gasteiger partial charge in [-0.25, -0.2) is 12.7 Å². The summed E-state index contributed by atoms with van der Waals surface area (Å²) in [5.74, 6) is -0.0741. The van der Waals surface area contributed by atoms with Gasteiger partial charge in [0, 0.05) is 13.1 Å². The first-order valence-electron chi connectivity index (χ1n) is 4.38. The summed E-state index contributed by atoms with van der Waals surface area (Å²) in [6.45, 7) is 1.08. The molecule has 0 aromatic rings. The van der Waals surface area contributed by atoms with Gasteiger partial charge in [-0.1, -0.05) is 0 Å². The van der Waals surface area contributed by atoms with Gasteiger partial charge < -0.3 is 10.0 Å². The standard InChI is InChI=1S/C6H12BNO4S/c9-7(10)6-5-1-3-8(4-2-5)13(6,11)12/h5-6,9-10H,1-4H2. The lowest BCUT2D eigenvalue weighted by molar-refractivity contribution is 0.228. The van der Waals surface area contributed by atoms with E-state index in [9.17, 15) is 8.42 Å². The van der Waals surface area contributed by atoms with Gasteiger partial charge in [0.25, 0.3) is 0 Å². The van der Waals surface area contributed by atoms with Crippen molar-refractivity contribution in [2.45, 2.75) is 18.0 Å². The first kappa shape index (κ1) is 9.45. The Bertz CT molecular complexity index is 296. The molecule has 0 spiro atoms. The Morgan fingerprint density at radius 1 is 1.23 bits per heavy atom. The van der Waals surface area contributed by atoms with Crippen LogP contribution in [0, 0.1) is 5.92 Å². The molecule has 3 fully saturated rings. The third kappa shape index (κ3) is 1.30. The van der Waals surface area contributed by atoms with Crippen LogP contribution in [0.4, 0.5) is 0 Å². The van der Waals surface area contributed by atoms with Crippen LogP contribution in [0.25, 0.3) is 0 Å². The molecule has 74 valence electrons. The van der Waals surface area contributed by atoms with Crippen LogP contribution in [-0.2, 0) is 10.0 Å². The second kappa shape index (κ2) is 2.95. The molecular weight excluding hydrogens is 193 g/mol. The molecule has 3 aliphatic rings. The molecule has 2 N–H and O–H groups in total. The average molecular weight is 205 g/mol. The summed E-state index contributed by atoms with van der Waals surface area (Å²) < 4.78 is 24.6. The highest BCUT2D eigenvalue weighted by molar-refractivity contribution is 7.91. The zero-order valence-electron chi connectivity index (χ0n) is 7.13. The minimum atomic E-state index is -3.43. The monoisotopic (exact) mass is 205 g/mol. The van der Waals surface area contributed by atoms with Crippen LogP contribution in [0.3, 0.4) is 0 Å². The van der Waals surface area contributed by atoms with E-state index >= 15 is 0 Å². The summed E-state index contributed by atoms with van der Waals surface area (Å²) in [4.78, 5) is 0. The van der Waals surface area contributed by atoms with Crippen molar-refractivity contribution >= 4 is 17.1 Å². The minimum Gasteiger partial charge on any atom is -0.426 e. The third-order valence-electron chi connectivity index (χ3n) is 2.96. The molecular formula is C6H12BNO4S. The molecule has 0 aliphatic carbocycles. The molecule has 0 radical (unpaired) electrons. The summed E-state index contributed by atoms with van der Waals surface area (Å²) in [6.07, 6.45) is 1.50. The zero-order valence-corrected chi connectivity index (χ0v) is 7.94. The molecule has 0 amide bonds. The van der Waals surface area contributed by atoms with Crippen molar-refractivity contribution in [3.05, 3.63) is 0 Å². The van der Waals surface area contributed by atoms with E-state index in [2.05, 4.69) is 0 Å². The predicted molar refractivity (Wildman–Crippen MR) is 47.2 cm³/mol. The molecule has 0 aromatic carbocycles. The van der Waals surface area contributed by atoms with Crippen LogP contribution in [0.2, 0.25) is 0 Å². The SMILES string of the molecule is O=S1(=O)C(B(O)O)C2CCN1CC2. The highest BCUT2D eigenvalue weighted by Crippen LogP contribution is 2.35. The van der Waals surface area contributed by atoms with Crippen molar-refractivity contribution in [1.29, 1.82) is 0 Å². The third-order valence-corrected chi connectivity index (χ3v) is 5.36. The van der Waals surface area contributed by atoms with Crippen LogP contribution < -0.4 is 0 Å². The lowest BCUT2D eigenvalue weighted by Crippen LogP contribution is -2.59. The topological polar surface area (TPSA) is 77.8 Å². The largest absolute Gasteiger partial charge is 0.472 e. The lowest BCUT2D eigenvalue weighted by Gasteiger charge is -2.43. The number of sulfonamides is 1. The highest BCUT2D eigenvalue weighted by Gasteiger charge is 2.51. The second-order valence-electron chi connectivity index (χ2n) is 3.66. The second-order valence-corrected chi connectivity index (χ2v) is 5.75. The van der Waals surface area contributed by atoms with Crippen LogP contribution >= 0.6 is 0 Å². The first-order valence-corrected chi connectivity index (χ1v) is 5.89. The molecule has 5 nitrogen and oxygen atoms in total. The van der Waals surface area contributed by atoms with Crippen molar-refractivity contribution in [2.75, 3.05) is 13.1 Å². The van der Waals surface area contributed by atoms with E-state index < -0.39 is 22.3 Å². The van der Waals surface area contributed by atoms with E-state index in [0.717, 1.165) is 12.8 Å². The fourth-order valence-electron chi connectivity index (χ4n) is 2.27. The maximum atomic E-state index is 11.6. The van der Waals surface area contributed by atoms with Gasteiger partial charge in [-0.3, -0.25) is 0 Å². The number of hydrogen-bond acceptors (Lipinski definition) is 4. The van der Waals surface area contributed by atoms with Gasteiger partial charge in [-0.15, -0.1) is 0 Å². The molecule has 13 heavy (non-hydrogen) atoms. The normalized spacial score (nSPS) is 41.8. The van der Waals surface area contributed by atoms with E-state index in [1.807, 2.05) is 0 Å². The van der Waals surface area contributed by atoms with Gasteiger partial charge >= 0.3 is 7.12 Å². The minimum absolute atomic E-state index is 0.0741. The number of fused-ring (bicyclic) bond motifs is 3. The molecule has 1 unspecified atom stereocenters. The quantitative estimate of drug-likeness (QED) is 0.506. The van der Waals surface area contributed by atoms with Gasteiger partial charge in [0.2, 0.25) is 10.0 Å². The zero-order chi connectivity index (χ0) is 9.64. The summed E-state index contributed by atoms with van der Waals surface area (Å²) in [6, 6.07) is 0. The number of rotatable bonds is 1. The van der Waals surface area contributed by atoms with Gasteiger partial charge in [0.15, 0.2) is 0 Å². The maximum absolute atomic E-state index is 11.6. The summed E-state index contributed by atoms with van der Waals surface area (Å²) in [5.41, 5.74) is 0. The van der Waals surface area contributed by atoms with E-state index in [1.54, 1.807) is 0 Å². The van der Waals surface area contributed by atoms with Crippen molar-refractivity contribution < 1.29 is 18.5 Å². The van der Waals surface area contributed by atoms with Crippen LogP contribution in [0.1, 0.15) is 12.8 Å². The van der Waals surface area contributed by atoms with Crippen LogP contribution in [-0.4, -0.2) is 48.1 Å². The Morgan fingerprint density at radius 2 is 1.77 bits per heavy atom. The van der Waals surface area contributed by atoms with Crippen molar-refractivity contribution in [2.24, 2.45) is 5.92 Å². The molecule has 7 heteroatoms. The number of hydrogen-bond donors (Lipinski definition) is 2. The molecule has 1 atom stereocenters. The van der Waals surface area contributed by atoms with Crippen molar-refractivity contribution in [3.63, 3.8) is 0 Å². The molecule has 3 saturated heterocycles. The Morgan fingerprint density at radius 3 is 2.08 bits per heavy atom. The molecule has 0 aromatic heterocycles. The van der Waals surface area contributed by atoms with Gasteiger partial charge in [-0.2, -0.15) is 0 Å². The van der Waals surface area contributed by atoms with E-state index in [4.69, 9.17) is 10.0 Å². The fourth-order valence-corrected chi connectivity index (χ4v) is 4.40. The molecule has 0 saturated carbocycles. The van der Waals surface area contributed by atoms with Crippen molar-refractivity contribution in [1.82, 2.24) is 4.31 Å². The first-order chi connectivity index (χ1) is 6.03. The van der Waals surface area contributed by atoms with Gasteiger partial charge in [-0.05, 0) is 18.8 Å². The Kier molecular flexibility index (Phi) is 2.14. The van der Waals surface area contributed by atoms with Crippen molar-refractivity contribution in [3.8, 4) is 0 Å². The number of nitrogens with zero attached hydrogens (tertiary/aromatic N) is 1. The summed E-state index contributed by atoms with van der Waals surface area (Å²) >= 11 is 0. The average Bonchev–Trinajstić information content (AvgIpc) is 2.03. The molecule has 2 bridgehead atoms. The Labute approximate surface area is 77.6 Å². The molecule has 3 rings (SSSR count). The summed E-state index contributed by atoms with van der Waals surface area (Å²) in [5, 5.41) is 17.0. The molecule has 3 heterocycles. The van der Waals surface area contributed by atoms with Crippen LogP contribution in [0.5, 0.6) is 0 Å². The maximum Gasteiger partial charge on any atom is 0.472 e. The van der Waals surface area contributed by atoms with E-state index in [0.29, 0.717) is 13.1 Å². The Hall–Kier alpha value is -0.105. The van der Waals surface area contributed by atoms with E-state index in [1.165, 1.54) is 4.31 Å². The Balaban J connectivity index is 2.36. The number of piperidine rings is 1. The van der Waals surface area contributed by atoms with Gasteiger partial charge in [0.1, 0.15) is 5.15 Å². The lowest BCUT2D eigenvalue weighted by atomic mass is 9.74. The fraction of sp³-hybridized carbons (Fsp3) is 1.00. The van der Waals surface area contributed by atoms with Gasteiger partial charge in [0.05, 0.1) is 0 Å². The van der Waals surface area contributed by atoms with Crippen LogP contribution in [0.15, 0.2) is 0 Å². The summed E-state index contributed by atoms with van der Waals surface area (Å²) in [7, 11) is -5.17. The van der Waals surface area contributed by atoms with E-state index in [-0.39, 0.29) is 5.92 Å². The smallest absolute Gasteiger partial charge is 0.426 e.